The van der Waals surface area contributed by atoms with E-state index in [1.54, 1.807) is 0 Å². The van der Waals surface area contributed by atoms with Crippen LogP contribution in [0.3, 0.4) is 0 Å². The van der Waals surface area contributed by atoms with Gasteiger partial charge in [-0.25, -0.2) is 0 Å². The third-order valence-electron chi connectivity index (χ3n) is 3.71. The molecule has 2 atom stereocenters. The van der Waals surface area contributed by atoms with Crippen molar-refractivity contribution in [2.75, 3.05) is 11.1 Å². The van der Waals surface area contributed by atoms with Crippen molar-refractivity contribution >= 4 is 22.4 Å². The lowest BCUT2D eigenvalue weighted by atomic mass is 9.83. The molecule has 0 aromatic carbocycles. The zero-order chi connectivity index (χ0) is 11.5. The Labute approximate surface area is 102 Å². The van der Waals surface area contributed by atoms with Crippen LogP contribution in [0, 0.1) is 12.8 Å². The van der Waals surface area contributed by atoms with Crippen LogP contribution in [0.4, 0.5) is 10.8 Å². The second-order valence-corrected chi connectivity index (χ2v) is 5.50. The van der Waals surface area contributed by atoms with E-state index in [-0.39, 0.29) is 0 Å². The number of nitrogen functional groups attached to an aromatic ring is 1. The minimum absolute atomic E-state index is 0.622. The Bertz CT molecular complexity index is 348. The lowest BCUT2D eigenvalue weighted by molar-refractivity contribution is 0.317. The maximum Gasteiger partial charge on any atom is 0.142 e. The number of nitrogens with zero attached hydrogens (tertiary/aromatic N) is 1. The first kappa shape index (κ1) is 11.7. The van der Waals surface area contributed by atoms with Gasteiger partial charge in [0, 0.05) is 11.6 Å². The summed E-state index contributed by atoms with van der Waals surface area (Å²) in [5.41, 5.74) is 6.89. The van der Waals surface area contributed by atoms with Crippen molar-refractivity contribution in [1.29, 1.82) is 0 Å². The molecule has 0 radical (unpaired) electrons. The number of hydrogen-bond donors (Lipinski definition) is 2. The number of nitrogens with two attached hydrogens (primary N) is 1. The predicted octanol–water partition coefficient (Wildman–Crippen LogP) is 3.41. The van der Waals surface area contributed by atoms with E-state index in [9.17, 15) is 0 Å². The first-order valence-electron chi connectivity index (χ1n) is 6.20. The molecule has 3 N–H and O–H groups in total. The predicted molar refractivity (Wildman–Crippen MR) is 70.9 cm³/mol. The highest BCUT2D eigenvalue weighted by atomic mass is 32.1. The molecule has 2 rings (SSSR count). The van der Waals surface area contributed by atoms with Crippen LogP contribution in [-0.2, 0) is 0 Å². The highest BCUT2D eigenvalue weighted by molar-refractivity contribution is 7.10. The van der Waals surface area contributed by atoms with Gasteiger partial charge in [-0.2, -0.15) is 4.37 Å². The van der Waals surface area contributed by atoms with Crippen LogP contribution >= 0.6 is 11.5 Å². The van der Waals surface area contributed by atoms with Crippen LogP contribution < -0.4 is 11.1 Å². The van der Waals surface area contributed by atoms with Gasteiger partial charge in [-0.05, 0) is 37.2 Å². The average Bonchev–Trinajstić information content (AvgIpc) is 2.62. The molecule has 1 aromatic heterocycles. The van der Waals surface area contributed by atoms with Crippen molar-refractivity contribution in [3.8, 4) is 0 Å². The molecular formula is C12H21N3S. The lowest BCUT2D eigenvalue weighted by Crippen LogP contribution is -2.31. The Hall–Kier alpha value is -0.770. The molecule has 4 heteroatoms. The van der Waals surface area contributed by atoms with Crippen molar-refractivity contribution in [1.82, 2.24) is 4.37 Å². The monoisotopic (exact) mass is 239 g/mol. The van der Waals surface area contributed by atoms with Crippen LogP contribution in [0.15, 0.2) is 0 Å². The zero-order valence-corrected chi connectivity index (χ0v) is 10.9. The summed E-state index contributed by atoms with van der Waals surface area (Å²) in [6, 6.07) is 0.622. The summed E-state index contributed by atoms with van der Waals surface area (Å²) in [4.78, 5) is 0. The molecular weight excluding hydrogens is 218 g/mol. The SMILES string of the molecule is CCC1CCCCC1Nc1snc(N)c1C. The van der Waals surface area contributed by atoms with E-state index in [0.29, 0.717) is 11.9 Å². The third-order valence-corrected chi connectivity index (χ3v) is 4.60. The number of aromatic nitrogens is 1. The van der Waals surface area contributed by atoms with Crippen molar-refractivity contribution < 1.29 is 0 Å². The maximum absolute atomic E-state index is 5.77. The molecule has 3 nitrogen and oxygen atoms in total. The molecule has 0 saturated heterocycles. The molecule has 1 aromatic rings. The quantitative estimate of drug-likeness (QED) is 0.849. The van der Waals surface area contributed by atoms with Crippen molar-refractivity contribution in [2.45, 2.75) is 52.0 Å². The Balaban J connectivity index is 2.05. The van der Waals surface area contributed by atoms with E-state index in [2.05, 4.69) is 16.6 Å². The van der Waals surface area contributed by atoms with Gasteiger partial charge in [-0.15, -0.1) is 0 Å². The smallest absolute Gasteiger partial charge is 0.142 e. The van der Waals surface area contributed by atoms with E-state index < -0.39 is 0 Å². The third kappa shape index (κ3) is 2.32. The molecule has 1 fully saturated rings. The van der Waals surface area contributed by atoms with Crippen LogP contribution in [0.25, 0.3) is 0 Å². The van der Waals surface area contributed by atoms with Gasteiger partial charge in [0.15, 0.2) is 0 Å². The summed E-state index contributed by atoms with van der Waals surface area (Å²) in [5.74, 6) is 1.49. The van der Waals surface area contributed by atoms with Gasteiger partial charge in [0.05, 0.1) is 0 Å². The highest BCUT2D eigenvalue weighted by Crippen LogP contribution is 2.33. The number of hydrogen-bond acceptors (Lipinski definition) is 4. The molecule has 0 spiro atoms. The summed E-state index contributed by atoms with van der Waals surface area (Å²) >= 11 is 1.50. The van der Waals surface area contributed by atoms with Gasteiger partial charge in [0.25, 0.3) is 0 Å². The summed E-state index contributed by atoms with van der Waals surface area (Å²) in [6.45, 7) is 4.34. The fourth-order valence-electron chi connectivity index (χ4n) is 2.54. The molecule has 0 aliphatic heterocycles. The fraction of sp³-hybridized carbons (Fsp3) is 0.750. The van der Waals surface area contributed by atoms with E-state index in [1.165, 1.54) is 48.6 Å². The van der Waals surface area contributed by atoms with Gasteiger partial charge in [-0.1, -0.05) is 26.2 Å². The minimum atomic E-state index is 0.622. The standard InChI is InChI=1S/C12H21N3S/c1-3-9-6-4-5-7-10(9)14-12-8(2)11(13)15-16-12/h9-10,14H,3-7H2,1-2H3,(H2,13,15). The molecule has 0 amide bonds. The largest absolute Gasteiger partial charge is 0.383 e. The molecule has 1 saturated carbocycles. The van der Waals surface area contributed by atoms with E-state index in [0.717, 1.165) is 11.5 Å². The first-order valence-corrected chi connectivity index (χ1v) is 6.98. The van der Waals surface area contributed by atoms with Crippen molar-refractivity contribution in [2.24, 2.45) is 5.92 Å². The van der Waals surface area contributed by atoms with Crippen molar-refractivity contribution in [3.05, 3.63) is 5.56 Å². The average molecular weight is 239 g/mol. The number of anilines is 2. The first-order chi connectivity index (χ1) is 7.72. The highest BCUT2D eigenvalue weighted by Gasteiger charge is 2.24. The van der Waals surface area contributed by atoms with Gasteiger partial charge in [-0.3, -0.25) is 0 Å². The molecule has 1 heterocycles. The molecule has 90 valence electrons. The summed E-state index contributed by atoms with van der Waals surface area (Å²) in [6.07, 6.45) is 6.66. The normalized spacial score (nSPS) is 25.6. The minimum Gasteiger partial charge on any atom is -0.383 e. The summed E-state index contributed by atoms with van der Waals surface area (Å²) < 4.78 is 4.19. The van der Waals surface area contributed by atoms with Crippen LogP contribution in [0.1, 0.15) is 44.6 Å². The Morgan fingerprint density at radius 1 is 1.44 bits per heavy atom. The Morgan fingerprint density at radius 3 is 2.81 bits per heavy atom. The van der Waals surface area contributed by atoms with E-state index in [1.807, 2.05) is 6.92 Å². The summed E-state index contributed by atoms with van der Waals surface area (Å²) in [7, 11) is 0. The maximum atomic E-state index is 5.77. The molecule has 16 heavy (non-hydrogen) atoms. The van der Waals surface area contributed by atoms with Gasteiger partial charge >= 0.3 is 0 Å². The lowest BCUT2D eigenvalue weighted by Gasteiger charge is -2.31. The van der Waals surface area contributed by atoms with E-state index >= 15 is 0 Å². The van der Waals surface area contributed by atoms with E-state index in [4.69, 9.17) is 5.73 Å². The van der Waals surface area contributed by atoms with Crippen LogP contribution in [0.2, 0.25) is 0 Å². The zero-order valence-electron chi connectivity index (χ0n) is 10.1. The fourth-order valence-corrected chi connectivity index (χ4v) is 3.31. The number of nitrogens with one attached hydrogen (secondary N) is 1. The molecule has 1 aliphatic carbocycles. The topological polar surface area (TPSA) is 50.9 Å². The van der Waals surface area contributed by atoms with Gasteiger partial charge < -0.3 is 11.1 Å². The number of rotatable bonds is 3. The molecule has 1 aliphatic rings. The summed E-state index contributed by atoms with van der Waals surface area (Å²) in [5, 5.41) is 4.82. The second-order valence-electron chi connectivity index (χ2n) is 4.73. The van der Waals surface area contributed by atoms with Crippen molar-refractivity contribution in [3.63, 3.8) is 0 Å². The van der Waals surface area contributed by atoms with Gasteiger partial charge in [0.1, 0.15) is 10.8 Å². The van der Waals surface area contributed by atoms with Crippen LogP contribution in [0.5, 0.6) is 0 Å². The second kappa shape index (κ2) is 5.04. The Kier molecular flexibility index (Phi) is 3.69. The molecule has 2 unspecified atom stereocenters. The molecule has 0 bridgehead atoms. The Morgan fingerprint density at radius 2 is 2.19 bits per heavy atom. The van der Waals surface area contributed by atoms with Crippen LogP contribution in [-0.4, -0.2) is 10.4 Å². The van der Waals surface area contributed by atoms with Gasteiger partial charge in [0.2, 0.25) is 0 Å².